The lowest BCUT2D eigenvalue weighted by Crippen LogP contribution is -2.03. The highest BCUT2D eigenvalue weighted by Crippen LogP contribution is 2.37. The summed E-state index contributed by atoms with van der Waals surface area (Å²) in [5, 5.41) is 3.26. The Hall–Kier alpha value is -4.70. The van der Waals surface area contributed by atoms with Crippen molar-refractivity contribution < 1.29 is 4.42 Å². The van der Waals surface area contributed by atoms with Crippen molar-refractivity contribution in [1.82, 2.24) is 14.5 Å². The summed E-state index contributed by atoms with van der Waals surface area (Å²) in [4.78, 5) is 10.1. The molecule has 0 atom stereocenters. The smallest absolute Gasteiger partial charge is 0.235 e. The first kappa shape index (κ1) is 18.8. The second-order valence-electron chi connectivity index (χ2n) is 8.32. The Morgan fingerprint density at radius 1 is 0.529 bits per heavy atom. The van der Waals surface area contributed by atoms with Crippen LogP contribution in [0.25, 0.3) is 61.0 Å². The van der Waals surface area contributed by atoms with Gasteiger partial charge in [0.25, 0.3) is 0 Å². The summed E-state index contributed by atoms with van der Waals surface area (Å²) in [6.45, 7) is 0. The monoisotopic (exact) mass is 437 g/mol. The van der Waals surface area contributed by atoms with Crippen molar-refractivity contribution in [1.29, 1.82) is 0 Å². The molecule has 0 amide bonds. The summed E-state index contributed by atoms with van der Waals surface area (Å²) in [6, 6.07) is 35.6. The van der Waals surface area contributed by atoms with E-state index >= 15 is 0 Å². The lowest BCUT2D eigenvalue weighted by Gasteiger charge is -2.13. The molecule has 0 aliphatic rings. The van der Waals surface area contributed by atoms with E-state index in [0.717, 1.165) is 44.3 Å². The molecule has 160 valence electrons. The standard InChI is InChI=1S/C30H19N3O/c1-2-10-20(11-3-1)21-12-4-5-15-24(21)29-25-18-34-19-26(25)31-30(32-29)33-27-16-8-6-13-22(27)23-14-7-9-17-28(23)33/h1-19H. The van der Waals surface area contributed by atoms with E-state index in [9.17, 15) is 0 Å². The van der Waals surface area contributed by atoms with Gasteiger partial charge in [-0.3, -0.25) is 4.57 Å². The zero-order chi connectivity index (χ0) is 22.5. The van der Waals surface area contributed by atoms with Crippen LogP contribution in [0.1, 0.15) is 0 Å². The molecule has 0 bridgehead atoms. The molecule has 34 heavy (non-hydrogen) atoms. The topological polar surface area (TPSA) is 43.9 Å². The fourth-order valence-electron chi connectivity index (χ4n) is 4.85. The maximum absolute atomic E-state index is 5.61. The summed E-state index contributed by atoms with van der Waals surface area (Å²) in [7, 11) is 0. The first-order valence-corrected chi connectivity index (χ1v) is 11.3. The van der Waals surface area contributed by atoms with Crippen LogP contribution >= 0.6 is 0 Å². The van der Waals surface area contributed by atoms with Crippen LogP contribution in [0.5, 0.6) is 0 Å². The van der Waals surface area contributed by atoms with Crippen LogP contribution in [0, 0.1) is 0 Å². The Bertz CT molecular complexity index is 1760. The third-order valence-electron chi connectivity index (χ3n) is 6.38. The normalized spacial score (nSPS) is 11.5. The van der Waals surface area contributed by atoms with Crippen molar-refractivity contribution in [3.63, 3.8) is 0 Å². The maximum atomic E-state index is 5.61. The molecule has 0 fully saturated rings. The molecule has 0 unspecified atom stereocenters. The predicted molar refractivity (Wildman–Crippen MR) is 137 cm³/mol. The highest BCUT2D eigenvalue weighted by atomic mass is 16.3. The van der Waals surface area contributed by atoms with Gasteiger partial charge >= 0.3 is 0 Å². The number of furan rings is 1. The number of nitrogens with zero attached hydrogens (tertiary/aromatic N) is 3. The molecule has 4 nitrogen and oxygen atoms in total. The van der Waals surface area contributed by atoms with Crippen LogP contribution < -0.4 is 0 Å². The maximum Gasteiger partial charge on any atom is 0.235 e. The van der Waals surface area contributed by atoms with E-state index in [1.54, 1.807) is 12.5 Å². The van der Waals surface area contributed by atoms with Crippen LogP contribution in [0.2, 0.25) is 0 Å². The van der Waals surface area contributed by atoms with E-state index in [0.29, 0.717) is 5.95 Å². The average molecular weight is 438 g/mol. The number of hydrogen-bond acceptors (Lipinski definition) is 3. The Balaban J connectivity index is 1.56. The molecule has 7 aromatic rings. The highest BCUT2D eigenvalue weighted by molar-refractivity contribution is 6.09. The minimum Gasteiger partial charge on any atom is -0.470 e. The fraction of sp³-hybridized carbons (Fsp3) is 0. The number of para-hydroxylation sites is 2. The van der Waals surface area contributed by atoms with Crippen molar-refractivity contribution in [2.45, 2.75) is 0 Å². The molecule has 0 spiro atoms. The largest absolute Gasteiger partial charge is 0.470 e. The van der Waals surface area contributed by atoms with Gasteiger partial charge in [0.05, 0.1) is 22.1 Å². The van der Waals surface area contributed by atoms with Gasteiger partial charge in [0.1, 0.15) is 18.0 Å². The fourth-order valence-corrected chi connectivity index (χ4v) is 4.85. The van der Waals surface area contributed by atoms with Crippen LogP contribution in [0.4, 0.5) is 0 Å². The van der Waals surface area contributed by atoms with Crippen molar-refractivity contribution in [2.75, 3.05) is 0 Å². The van der Waals surface area contributed by atoms with Crippen molar-refractivity contribution >= 4 is 32.7 Å². The minimum atomic E-state index is 0.629. The average Bonchev–Trinajstić information content (AvgIpc) is 3.51. The van der Waals surface area contributed by atoms with Crippen LogP contribution in [0.15, 0.2) is 120 Å². The SMILES string of the molecule is c1ccc(-c2ccccc2-c2nc(-n3c4ccccc4c4ccccc43)nc3cocc23)cc1. The zero-order valence-corrected chi connectivity index (χ0v) is 18.2. The van der Waals surface area contributed by atoms with E-state index in [-0.39, 0.29) is 0 Å². The molecule has 4 aromatic carbocycles. The quantitative estimate of drug-likeness (QED) is 0.285. The van der Waals surface area contributed by atoms with E-state index in [1.807, 2.05) is 6.07 Å². The van der Waals surface area contributed by atoms with Gasteiger partial charge in [0, 0.05) is 16.3 Å². The lowest BCUT2D eigenvalue weighted by atomic mass is 9.96. The highest BCUT2D eigenvalue weighted by Gasteiger charge is 2.19. The third kappa shape index (κ3) is 2.79. The molecular weight excluding hydrogens is 418 g/mol. The Morgan fingerprint density at radius 3 is 1.88 bits per heavy atom. The van der Waals surface area contributed by atoms with Gasteiger partial charge in [-0.25, -0.2) is 9.97 Å². The van der Waals surface area contributed by atoms with Gasteiger partial charge in [-0.15, -0.1) is 0 Å². The first-order valence-electron chi connectivity index (χ1n) is 11.3. The van der Waals surface area contributed by atoms with Gasteiger partial charge in [-0.1, -0.05) is 91.0 Å². The number of benzene rings is 4. The minimum absolute atomic E-state index is 0.629. The molecule has 3 aromatic heterocycles. The number of rotatable bonds is 3. The second kappa shape index (κ2) is 7.42. The van der Waals surface area contributed by atoms with Crippen molar-refractivity contribution in [2.24, 2.45) is 0 Å². The Labute approximate surface area is 195 Å². The molecule has 0 aliphatic heterocycles. The van der Waals surface area contributed by atoms with Crippen molar-refractivity contribution in [3.05, 3.63) is 116 Å². The van der Waals surface area contributed by atoms with Gasteiger partial charge in [-0.2, -0.15) is 0 Å². The number of aromatic nitrogens is 3. The third-order valence-corrected chi connectivity index (χ3v) is 6.38. The number of hydrogen-bond donors (Lipinski definition) is 0. The van der Waals surface area contributed by atoms with Gasteiger partial charge in [-0.05, 0) is 23.3 Å². The van der Waals surface area contributed by atoms with E-state index < -0.39 is 0 Å². The molecule has 7 rings (SSSR count). The predicted octanol–water partition coefficient (Wildman–Crippen LogP) is 7.65. The summed E-state index contributed by atoms with van der Waals surface area (Å²) in [5.41, 5.74) is 7.11. The first-order chi connectivity index (χ1) is 16.9. The molecule has 0 aliphatic carbocycles. The molecule has 4 heteroatoms. The lowest BCUT2D eigenvalue weighted by molar-refractivity contribution is 0.572. The second-order valence-corrected chi connectivity index (χ2v) is 8.32. The molecule has 3 heterocycles. The molecule has 0 N–H and O–H groups in total. The van der Waals surface area contributed by atoms with Crippen LogP contribution in [0.3, 0.4) is 0 Å². The van der Waals surface area contributed by atoms with Crippen molar-refractivity contribution in [3.8, 4) is 28.3 Å². The van der Waals surface area contributed by atoms with E-state index in [4.69, 9.17) is 14.4 Å². The molecule has 0 radical (unpaired) electrons. The van der Waals surface area contributed by atoms with Crippen LogP contribution in [-0.2, 0) is 0 Å². The van der Waals surface area contributed by atoms with E-state index in [2.05, 4.69) is 102 Å². The molecule has 0 saturated heterocycles. The van der Waals surface area contributed by atoms with Gasteiger partial charge in [0.15, 0.2) is 0 Å². The molecule has 0 saturated carbocycles. The summed E-state index contributed by atoms with van der Waals surface area (Å²) in [6.07, 6.45) is 3.44. The van der Waals surface area contributed by atoms with E-state index in [1.165, 1.54) is 10.8 Å². The summed E-state index contributed by atoms with van der Waals surface area (Å²) < 4.78 is 7.75. The molecular formula is C30H19N3O. The summed E-state index contributed by atoms with van der Waals surface area (Å²) >= 11 is 0. The van der Waals surface area contributed by atoms with Gasteiger partial charge < -0.3 is 4.42 Å². The van der Waals surface area contributed by atoms with Crippen LogP contribution in [-0.4, -0.2) is 14.5 Å². The Morgan fingerprint density at radius 2 is 1.15 bits per heavy atom. The summed E-state index contributed by atoms with van der Waals surface area (Å²) in [5.74, 6) is 0.629. The van der Waals surface area contributed by atoms with Gasteiger partial charge in [0.2, 0.25) is 5.95 Å². The number of fused-ring (bicyclic) bond motifs is 4. The zero-order valence-electron chi connectivity index (χ0n) is 18.2. The Kier molecular flexibility index (Phi) is 4.11.